The van der Waals surface area contributed by atoms with E-state index in [0.29, 0.717) is 64.6 Å². The Bertz CT molecular complexity index is 1460. The Labute approximate surface area is 200 Å². The van der Waals surface area contributed by atoms with Crippen LogP contribution < -0.4 is 21.3 Å². The Kier molecular flexibility index (Phi) is 5.77. The number of hydrogen-bond acceptors (Lipinski definition) is 8. The second kappa shape index (κ2) is 8.91. The third-order valence-electron chi connectivity index (χ3n) is 6.25. The van der Waals surface area contributed by atoms with Gasteiger partial charge in [0.25, 0.3) is 5.91 Å². The van der Waals surface area contributed by atoms with Crippen molar-refractivity contribution in [1.82, 2.24) is 24.9 Å². The number of fused-ring (bicyclic) bond motifs is 3. The number of aromatic amines is 1. The van der Waals surface area contributed by atoms with Gasteiger partial charge in [0, 0.05) is 32.1 Å². The maximum Gasteiger partial charge on any atom is 0.293 e. The number of rotatable bonds is 6. The lowest BCUT2D eigenvalue weighted by Gasteiger charge is -2.37. The highest BCUT2D eigenvalue weighted by atomic mass is 19.1. The number of aryl methyl sites for hydroxylation is 1. The van der Waals surface area contributed by atoms with E-state index >= 15 is 0 Å². The molecule has 0 bridgehead atoms. The fraction of sp³-hybridized carbons (Fsp3) is 0.292. The highest BCUT2D eigenvalue weighted by molar-refractivity contribution is 6.15. The fourth-order valence-corrected chi connectivity index (χ4v) is 4.34. The van der Waals surface area contributed by atoms with Gasteiger partial charge in [0.15, 0.2) is 0 Å². The predicted octanol–water partition coefficient (Wildman–Crippen LogP) is 3.13. The van der Waals surface area contributed by atoms with Gasteiger partial charge in [-0.2, -0.15) is 0 Å². The summed E-state index contributed by atoms with van der Waals surface area (Å²) in [5.74, 6) is 0.273. The molecular weight excluding hydrogens is 449 g/mol. The summed E-state index contributed by atoms with van der Waals surface area (Å²) in [5.41, 5.74) is 10.5. The minimum absolute atomic E-state index is 0.0157. The van der Waals surface area contributed by atoms with Crippen molar-refractivity contribution in [3.63, 3.8) is 0 Å². The summed E-state index contributed by atoms with van der Waals surface area (Å²) in [6, 6.07) is 2.87. The van der Waals surface area contributed by atoms with E-state index in [2.05, 4.69) is 42.5 Å². The second-order valence-electron chi connectivity index (χ2n) is 8.44. The van der Waals surface area contributed by atoms with Gasteiger partial charge in [0.05, 0.1) is 34.7 Å². The molecule has 1 amide bonds. The third kappa shape index (κ3) is 4.03. The average Bonchev–Trinajstić information content (AvgIpc) is 3.20. The van der Waals surface area contributed by atoms with Crippen LogP contribution in [0.4, 0.5) is 21.6 Å². The van der Waals surface area contributed by atoms with Crippen molar-refractivity contribution >= 4 is 45.0 Å². The van der Waals surface area contributed by atoms with E-state index in [4.69, 9.17) is 5.73 Å². The Morgan fingerprint density at radius 3 is 2.63 bits per heavy atom. The van der Waals surface area contributed by atoms with E-state index in [-0.39, 0.29) is 11.6 Å². The Morgan fingerprint density at radius 2 is 1.97 bits per heavy atom. The van der Waals surface area contributed by atoms with Crippen LogP contribution in [0.5, 0.6) is 0 Å². The van der Waals surface area contributed by atoms with E-state index in [1.54, 1.807) is 14.0 Å². The van der Waals surface area contributed by atoms with Gasteiger partial charge < -0.3 is 26.3 Å². The van der Waals surface area contributed by atoms with Crippen LogP contribution in [0.2, 0.25) is 0 Å². The van der Waals surface area contributed by atoms with Gasteiger partial charge in [-0.3, -0.25) is 4.79 Å². The van der Waals surface area contributed by atoms with Crippen molar-refractivity contribution in [2.24, 2.45) is 5.73 Å². The molecule has 0 spiro atoms. The first-order chi connectivity index (χ1) is 16.9. The lowest BCUT2D eigenvalue weighted by Crippen LogP contribution is -2.42. The van der Waals surface area contributed by atoms with E-state index < -0.39 is 5.91 Å². The molecule has 0 radical (unpaired) electrons. The highest BCUT2D eigenvalue weighted by Crippen LogP contribution is 2.38. The molecule has 11 heteroatoms. The number of aromatic nitrogens is 5. The van der Waals surface area contributed by atoms with Crippen LogP contribution in [-0.4, -0.2) is 57.5 Å². The first kappa shape index (κ1) is 22.7. The van der Waals surface area contributed by atoms with Crippen LogP contribution in [0, 0.1) is 12.7 Å². The SMILES string of the molecule is CCC(CN)=C1CN(c2nc(C(=O)Nc3cnc(C)nc3)nc3[nH]c4c(NC)cc(F)cc4c23)C1. The average molecular weight is 476 g/mol. The molecule has 4 aromatic rings. The number of carbonyl (C=O) groups is 1. The summed E-state index contributed by atoms with van der Waals surface area (Å²) < 4.78 is 14.5. The number of anilines is 3. The molecule has 5 N–H and O–H groups in total. The van der Waals surface area contributed by atoms with Crippen LogP contribution >= 0.6 is 0 Å². The van der Waals surface area contributed by atoms with Crippen molar-refractivity contribution in [2.45, 2.75) is 20.3 Å². The number of nitrogens with one attached hydrogen (secondary N) is 3. The monoisotopic (exact) mass is 475 g/mol. The topological polar surface area (TPSA) is 138 Å². The largest absolute Gasteiger partial charge is 0.386 e. The van der Waals surface area contributed by atoms with Crippen molar-refractivity contribution in [1.29, 1.82) is 0 Å². The molecule has 1 fully saturated rings. The summed E-state index contributed by atoms with van der Waals surface area (Å²) >= 11 is 0. The minimum Gasteiger partial charge on any atom is -0.386 e. The number of carbonyl (C=O) groups excluding carboxylic acids is 1. The molecule has 180 valence electrons. The van der Waals surface area contributed by atoms with E-state index in [1.807, 2.05) is 4.90 Å². The molecule has 0 atom stereocenters. The molecule has 0 unspecified atom stereocenters. The summed E-state index contributed by atoms with van der Waals surface area (Å²) in [4.78, 5) is 35.7. The predicted molar refractivity (Wildman–Crippen MR) is 134 cm³/mol. The maximum atomic E-state index is 14.5. The molecule has 1 aliphatic rings. The van der Waals surface area contributed by atoms with Crippen LogP contribution in [0.3, 0.4) is 0 Å². The van der Waals surface area contributed by atoms with Crippen molar-refractivity contribution in [3.05, 3.63) is 53.1 Å². The van der Waals surface area contributed by atoms with Gasteiger partial charge in [0.1, 0.15) is 23.1 Å². The zero-order valence-corrected chi connectivity index (χ0v) is 19.7. The molecule has 4 heterocycles. The second-order valence-corrected chi connectivity index (χ2v) is 8.44. The number of halogens is 1. The van der Waals surface area contributed by atoms with Gasteiger partial charge in [-0.1, -0.05) is 12.5 Å². The zero-order chi connectivity index (χ0) is 24.7. The van der Waals surface area contributed by atoms with Crippen molar-refractivity contribution in [3.8, 4) is 0 Å². The molecule has 0 aliphatic carbocycles. The normalized spacial score (nSPS) is 13.3. The smallest absolute Gasteiger partial charge is 0.293 e. The standard InChI is InChI=1S/C24H26FN9O/c1-4-13(7-26)14-10-34(11-14)23-19-17-5-15(25)6-18(27-3)20(17)31-21(19)32-22(33-23)24(35)30-16-8-28-12(2)29-9-16/h5-6,8-9,27H,4,7,10-11,26H2,1-3H3,(H,30,35)(H,31,32,33). The number of nitrogens with zero attached hydrogens (tertiary/aromatic N) is 5. The van der Waals surface area contributed by atoms with Gasteiger partial charge in [-0.05, 0) is 31.1 Å². The van der Waals surface area contributed by atoms with Crippen LogP contribution in [0.1, 0.15) is 29.8 Å². The van der Waals surface area contributed by atoms with Crippen molar-refractivity contribution in [2.75, 3.05) is 42.2 Å². The first-order valence-corrected chi connectivity index (χ1v) is 11.4. The Balaban J connectivity index is 1.63. The lowest BCUT2D eigenvalue weighted by atomic mass is 9.98. The lowest BCUT2D eigenvalue weighted by molar-refractivity contribution is 0.101. The number of amides is 1. The first-order valence-electron chi connectivity index (χ1n) is 11.4. The highest BCUT2D eigenvalue weighted by Gasteiger charge is 2.29. The van der Waals surface area contributed by atoms with E-state index in [1.165, 1.54) is 35.7 Å². The quantitative estimate of drug-likeness (QED) is 0.312. The summed E-state index contributed by atoms with van der Waals surface area (Å²) in [5, 5.41) is 7.06. The number of H-pyrrole nitrogens is 1. The summed E-state index contributed by atoms with van der Waals surface area (Å²) in [6.45, 7) is 5.63. The molecule has 1 saturated heterocycles. The van der Waals surface area contributed by atoms with Gasteiger partial charge >= 0.3 is 0 Å². The van der Waals surface area contributed by atoms with Crippen LogP contribution in [0.15, 0.2) is 35.7 Å². The fourth-order valence-electron chi connectivity index (χ4n) is 4.34. The molecule has 35 heavy (non-hydrogen) atoms. The molecule has 5 rings (SSSR count). The van der Waals surface area contributed by atoms with Crippen molar-refractivity contribution < 1.29 is 9.18 Å². The molecule has 0 saturated carbocycles. The van der Waals surface area contributed by atoms with E-state index in [9.17, 15) is 9.18 Å². The minimum atomic E-state index is -0.494. The maximum absolute atomic E-state index is 14.5. The molecule has 1 aromatic carbocycles. The summed E-state index contributed by atoms with van der Waals surface area (Å²) in [6.07, 6.45) is 3.93. The molecule has 3 aromatic heterocycles. The number of benzene rings is 1. The van der Waals surface area contributed by atoms with Gasteiger partial charge in [-0.25, -0.2) is 24.3 Å². The van der Waals surface area contributed by atoms with Gasteiger partial charge in [0.2, 0.25) is 5.82 Å². The third-order valence-corrected chi connectivity index (χ3v) is 6.25. The van der Waals surface area contributed by atoms with Crippen LogP contribution in [-0.2, 0) is 0 Å². The molecule has 1 aliphatic heterocycles. The van der Waals surface area contributed by atoms with Crippen LogP contribution in [0.25, 0.3) is 21.9 Å². The van der Waals surface area contributed by atoms with Gasteiger partial charge in [-0.15, -0.1) is 0 Å². The molecule has 10 nitrogen and oxygen atoms in total. The number of hydrogen-bond donors (Lipinski definition) is 4. The summed E-state index contributed by atoms with van der Waals surface area (Å²) in [7, 11) is 1.72. The Morgan fingerprint density at radius 1 is 1.23 bits per heavy atom. The number of nitrogens with two attached hydrogens (primary N) is 1. The zero-order valence-electron chi connectivity index (χ0n) is 19.7. The Hall–Kier alpha value is -4.12. The molecular formula is C24H26FN9O. The van der Waals surface area contributed by atoms with E-state index in [0.717, 1.165) is 6.42 Å².